The Labute approximate surface area is 176 Å². The Hall–Kier alpha value is -3.02. The highest BCUT2D eigenvalue weighted by atomic mass is 19.1. The summed E-state index contributed by atoms with van der Waals surface area (Å²) in [5.74, 6) is -0.838. The van der Waals surface area contributed by atoms with Gasteiger partial charge < -0.3 is 10.4 Å². The van der Waals surface area contributed by atoms with Crippen LogP contribution in [0.3, 0.4) is 0 Å². The van der Waals surface area contributed by atoms with Crippen molar-refractivity contribution in [3.8, 4) is 0 Å². The third-order valence-corrected chi connectivity index (χ3v) is 6.08. The van der Waals surface area contributed by atoms with Gasteiger partial charge in [-0.3, -0.25) is 14.8 Å². The molecule has 0 aliphatic carbocycles. The second kappa shape index (κ2) is 8.78. The zero-order valence-electron chi connectivity index (χ0n) is 17.5. The van der Waals surface area contributed by atoms with Gasteiger partial charge in [-0.1, -0.05) is 51.3 Å². The minimum absolute atomic E-state index is 0.179. The van der Waals surface area contributed by atoms with Crippen LogP contribution in [0.4, 0.5) is 4.39 Å². The highest BCUT2D eigenvalue weighted by Gasteiger charge is 2.43. The molecule has 0 saturated carbocycles. The molecule has 0 fully saturated rings. The van der Waals surface area contributed by atoms with Gasteiger partial charge in [0.05, 0.1) is 30.4 Å². The van der Waals surface area contributed by atoms with Crippen molar-refractivity contribution >= 4 is 22.5 Å². The van der Waals surface area contributed by atoms with Crippen LogP contribution in [-0.2, 0) is 4.79 Å². The molecule has 30 heavy (non-hydrogen) atoms. The fraction of sp³-hybridized carbons (Fsp3) is 0.375. The number of aliphatic imine (C=N–C) groups is 1. The molecule has 0 saturated heterocycles. The van der Waals surface area contributed by atoms with Crippen molar-refractivity contribution in [3.05, 3.63) is 66.7 Å². The smallest absolute Gasteiger partial charge is 0.305 e. The number of nitrogens with one attached hydrogen (secondary N) is 1. The van der Waals surface area contributed by atoms with Crippen molar-refractivity contribution in [2.75, 3.05) is 13.2 Å². The van der Waals surface area contributed by atoms with Gasteiger partial charge in [0.25, 0.3) is 0 Å². The lowest BCUT2D eigenvalue weighted by atomic mass is 9.72. The molecule has 2 N–H and O–H groups in total. The highest BCUT2D eigenvalue weighted by Crippen LogP contribution is 2.43. The maximum atomic E-state index is 13.2. The number of alkyl halides is 1. The van der Waals surface area contributed by atoms with Crippen LogP contribution < -0.4 is 5.32 Å². The summed E-state index contributed by atoms with van der Waals surface area (Å²) < 4.78 is 13.2. The molecule has 1 aromatic heterocycles. The van der Waals surface area contributed by atoms with Crippen molar-refractivity contribution in [1.82, 2.24) is 10.3 Å². The maximum Gasteiger partial charge on any atom is 0.305 e. The molecule has 6 heteroatoms. The van der Waals surface area contributed by atoms with Gasteiger partial charge in [-0.2, -0.15) is 0 Å². The van der Waals surface area contributed by atoms with E-state index in [2.05, 4.69) is 37.3 Å². The summed E-state index contributed by atoms with van der Waals surface area (Å²) in [5, 5.41) is 14.5. The van der Waals surface area contributed by atoms with Gasteiger partial charge in [-0.15, -0.1) is 0 Å². The summed E-state index contributed by atoms with van der Waals surface area (Å²) >= 11 is 0. The maximum absolute atomic E-state index is 13.2. The summed E-state index contributed by atoms with van der Waals surface area (Å²) in [5.41, 5.74) is 2.22. The predicted octanol–water partition coefficient (Wildman–Crippen LogP) is 4.54. The number of aromatic nitrogens is 1. The van der Waals surface area contributed by atoms with E-state index in [0.29, 0.717) is 18.7 Å². The van der Waals surface area contributed by atoms with Crippen molar-refractivity contribution in [3.63, 3.8) is 0 Å². The van der Waals surface area contributed by atoms with E-state index in [-0.39, 0.29) is 17.9 Å². The number of hydrogen-bond donors (Lipinski definition) is 2. The third-order valence-electron chi connectivity index (χ3n) is 6.08. The number of halogens is 1. The minimum atomic E-state index is -1.02. The zero-order valence-corrected chi connectivity index (χ0v) is 17.5. The van der Waals surface area contributed by atoms with Crippen LogP contribution in [0.1, 0.15) is 32.4 Å². The molecule has 2 heterocycles. The fourth-order valence-electron chi connectivity index (χ4n) is 4.01. The van der Waals surface area contributed by atoms with Gasteiger partial charge in [0, 0.05) is 29.1 Å². The first kappa shape index (κ1) is 21.7. The van der Waals surface area contributed by atoms with Crippen LogP contribution in [-0.4, -0.2) is 41.0 Å². The molecular formula is C24H28FN3O2. The molecule has 0 spiro atoms. The molecule has 1 unspecified atom stereocenters. The first-order chi connectivity index (χ1) is 14.3. The third kappa shape index (κ3) is 4.13. The monoisotopic (exact) mass is 409 g/mol. The molecule has 1 aliphatic rings. The SMILES string of the molecule is C=C(CF)[C@H](CC(=O)O)NC(=C)C1(C(C)C)CN=C(c2nccc3ccccc23)C1. The van der Waals surface area contributed by atoms with Gasteiger partial charge in [-0.25, -0.2) is 4.39 Å². The Morgan fingerprint density at radius 1 is 1.30 bits per heavy atom. The number of pyridine rings is 1. The number of fused-ring (bicyclic) bond motifs is 1. The van der Waals surface area contributed by atoms with Gasteiger partial charge >= 0.3 is 5.97 Å². The highest BCUT2D eigenvalue weighted by molar-refractivity contribution is 6.10. The predicted molar refractivity (Wildman–Crippen MR) is 118 cm³/mol. The first-order valence-corrected chi connectivity index (χ1v) is 10.1. The molecule has 0 radical (unpaired) electrons. The average molecular weight is 410 g/mol. The zero-order chi connectivity index (χ0) is 21.9. The number of benzene rings is 1. The second-order valence-electron chi connectivity index (χ2n) is 8.20. The van der Waals surface area contributed by atoms with E-state index in [9.17, 15) is 14.3 Å². The normalized spacial score (nSPS) is 19.5. The van der Waals surface area contributed by atoms with E-state index in [1.54, 1.807) is 6.20 Å². The Balaban J connectivity index is 1.88. The quantitative estimate of drug-likeness (QED) is 0.596. The van der Waals surface area contributed by atoms with E-state index in [1.807, 2.05) is 30.3 Å². The van der Waals surface area contributed by atoms with Crippen LogP contribution in [0, 0.1) is 11.3 Å². The first-order valence-electron chi connectivity index (χ1n) is 10.1. The molecule has 1 aliphatic heterocycles. The van der Waals surface area contributed by atoms with Gasteiger partial charge in [0.1, 0.15) is 6.67 Å². The standard InChI is InChI=1S/C24H28FN3O2/c1-15(2)24(17(4)28-20(11-22(29)30)16(3)13-25)12-21(27-14-24)23-19-8-6-5-7-18(19)9-10-26-23/h5-10,15,20,28H,3-4,11-14H2,1-2H3,(H,29,30)/t20-,24?/m0/s1. The van der Waals surface area contributed by atoms with Crippen molar-refractivity contribution in [2.45, 2.75) is 32.7 Å². The summed E-state index contributed by atoms with van der Waals surface area (Å²) in [7, 11) is 0. The molecular weight excluding hydrogens is 381 g/mol. The molecule has 0 amide bonds. The molecule has 3 rings (SSSR count). The number of carboxylic acid groups (broad SMARTS) is 1. The summed E-state index contributed by atoms with van der Waals surface area (Å²) in [6.45, 7) is 11.8. The number of carboxylic acids is 1. The molecule has 2 atom stereocenters. The van der Waals surface area contributed by atoms with Crippen LogP contribution >= 0.6 is 0 Å². The van der Waals surface area contributed by atoms with Crippen LogP contribution in [0.2, 0.25) is 0 Å². The summed E-state index contributed by atoms with van der Waals surface area (Å²) in [6, 6.07) is 9.33. The van der Waals surface area contributed by atoms with Crippen LogP contribution in [0.15, 0.2) is 65.9 Å². The number of nitrogens with zero attached hydrogens (tertiary/aromatic N) is 2. The van der Waals surface area contributed by atoms with Gasteiger partial charge in [0.2, 0.25) is 0 Å². The molecule has 5 nitrogen and oxygen atoms in total. The lowest BCUT2D eigenvalue weighted by molar-refractivity contribution is -0.137. The Kier molecular flexibility index (Phi) is 6.34. The number of aliphatic carboxylic acids is 1. The van der Waals surface area contributed by atoms with Gasteiger partial charge in [-0.05, 0) is 22.9 Å². The van der Waals surface area contributed by atoms with E-state index in [0.717, 1.165) is 22.2 Å². The Bertz CT molecular complexity index is 1010. The number of rotatable bonds is 9. The van der Waals surface area contributed by atoms with Crippen molar-refractivity contribution in [2.24, 2.45) is 16.3 Å². The topological polar surface area (TPSA) is 74.6 Å². The lowest BCUT2D eigenvalue weighted by Crippen LogP contribution is -2.42. The Morgan fingerprint density at radius 3 is 2.70 bits per heavy atom. The number of hydrogen-bond acceptors (Lipinski definition) is 4. The molecule has 2 aromatic rings. The summed E-state index contributed by atoms with van der Waals surface area (Å²) in [4.78, 5) is 20.7. The lowest BCUT2D eigenvalue weighted by Gasteiger charge is -2.37. The molecule has 0 bridgehead atoms. The fourth-order valence-corrected chi connectivity index (χ4v) is 4.01. The molecule has 158 valence electrons. The molecule has 1 aromatic carbocycles. The minimum Gasteiger partial charge on any atom is -0.481 e. The largest absolute Gasteiger partial charge is 0.481 e. The van der Waals surface area contributed by atoms with Crippen molar-refractivity contribution < 1.29 is 14.3 Å². The summed E-state index contributed by atoms with van der Waals surface area (Å²) in [6.07, 6.45) is 2.16. The van der Waals surface area contributed by atoms with E-state index >= 15 is 0 Å². The van der Waals surface area contributed by atoms with E-state index in [4.69, 9.17) is 4.99 Å². The van der Waals surface area contributed by atoms with E-state index < -0.39 is 24.1 Å². The van der Waals surface area contributed by atoms with Crippen LogP contribution in [0.5, 0.6) is 0 Å². The van der Waals surface area contributed by atoms with Gasteiger partial charge in [0.15, 0.2) is 0 Å². The van der Waals surface area contributed by atoms with Crippen LogP contribution in [0.25, 0.3) is 10.8 Å². The average Bonchev–Trinajstić information content (AvgIpc) is 3.18. The van der Waals surface area contributed by atoms with E-state index in [1.165, 1.54) is 0 Å². The van der Waals surface area contributed by atoms with Crippen molar-refractivity contribution in [1.29, 1.82) is 0 Å². The number of carbonyl (C=O) groups is 1. The second-order valence-corrected chi connectivity index (χ2v) is 8.20. The Morgan fingerprint density at radius 2 is 2.03 bits per heavy atom.